The Kier molecular flexibility index (Phi) is 4.82. The molecule has 0 bridgehead atoms. The van der Waals surface area contributed by atoms with Gasteiger partial charge in [-0.15, -0.1) is 0 Å². The van der Waals surface area contributed by atoms with Gasteiger partial charge in [0.2, 0.25) is 11.8 Å². The number of rotatable bonds is 3. The number of nitrogens with zero attached hydrogens (tertiary/aromatic N) is 1. The third-order valence-corrected chi connectivity index (χ3v) is 5.06. The monoisotopic (exact) mass is 356 g/mol. The summed E-state index contributed by atoms with van der Waals surface area (Å²) in [5.41, 5.74) is 4.72. The number of carbonyl (C=O) groups excluding carboxylic acids is 2. The number of halogens is 1. The average Bonchev–Trinajstić information content (AvgIpc) is 2.95. The van der Waals surface area contributed by atoms with Crippen molar-refractivity contribution in [3.05, 3.63) is 58.1 Å². The molecule has 130 valence electrons. The van der Waals surface area contributed by atoms with Gasteiger partial charge in [0.15, 0.2) is 0 Å². The van der Waals surface area contributed by atoms with E-state index in [2.05, 4.69) is 5.32 Å². The van der Waals surface area contributed by atoms with Crippen LogP contribution in [0.3, 0.4) is 0 Å². The van der Waals surface area contributed by atoms with Crippen molar-refractivity contribution in [3.8, 4) is 0 Å². The first-order valence-electron chi connectivity index (χ1n) is 8.30. The fraction of sp³-hybridized carbons (Fsp3) is 0.300. The molecule has 1 aliphatic rings. The van der Waals surface area contributed by atoms with Gasteiger partial charge < -0.3 is 10.2 Å². The van der Waals surface area contributed by atoms with E-state index >= 15 is 0 Å². The lowest BCUT2D eigenvalue weighted by atomic mass is 10.1. The predicted molar refractivity (Wildman–Crippen MR) is 101 cm³/mol. The average molecular weight is 357 g/mol. The van der Waals surface area contributed by atoms with Gasteiger partial charge >= 0.3 is 0 Å². The zero-order chi connectivity index (χ0) is 18.1. The van der Waals surface area contributed by atoms with Crippen LogP contribution in [0, 0.1) is 26.7 Å². The van der Waals surface area contributed by atoms with E-state index in [1.54, 1.807) is 17.0 Å². The van der Waals surface area contributed by atoms with E-state index in [4.69, 9.17) is 11.6 Å². The van der Waals surface area contributed by atoms with Gasteiger partial charge in [0, 0.05) is 29.4 Å². The normalized spacial score (nSPS) is 17.0. The van der Waals surface area contributed by atoms with Gasteiger partial charge in [-0.2, -0.15) is 0 Å². The summed E-state index contributed by atoms with van der Waals surface area (Å²) < 4.78 is 0. The van der Waals surface area contributed by atoms with Crippen molar-refractivity contribution in [3.63, 3.8) is 0 Å². The zero-order valence-corrected chi connectivity index (χ0v) is 15.4. The second-order valence-electron chi connectivity index (χ2n) is 6.57. The van der Waals surface area contributed by atoms with Gasteiger partial charge in [-0.25, -0.2) is 0 Å². The fourth-order valence-corrected chi connectivity index (χ4v) is 3.28. The van der Waals surface area contributed by atoms with E-state index in [9.17, 15) is 9.59 Å². The van der Waals surface area contributed by atoms with Crippen LogP contribution in [-0.4, -0.2) is 18.4 Å². The van der Waals surface area contributed by atoms with Crippen molar-refractivity contribution < 1.29 is 9.59 Å². The minimum absolute atomic E-state index is 0.0170. The Hall–Kier alpha value is -2.33. The van der Waals surface area contributed by atoms with E-state index in [1.165, 1.54) is 0 Å². The van der Waals surface area contributed by atoms with Gasteiger partial charge in [-0.3, -0.25) is 9.59 Å². The summed E-state index contributed by atoms with van der Waals surface area (Å²) in [6.45, 7) is 6.33. The highest BCUT2D eigenvalue weighted by Gasteiger charge is 2.35. The molecule has 1 heterocycles. The number of hydrogen-bond acceptors (Lipinski definition) is 2. The van der Waals surface area contributed by atoms with Crippen LogP contribution in [-0.2, 0) is 9.59 Å². The molecule has 5 heteroatoms. The molecule has 1 saturated heterocycles. The molecule has 1 atom stereocenters. The highest BCUT2D eigenvalue weighted by molar-refractivity contribution is 6.31. The summed E-state index contributed by atoms with van der Waals surface area (Å²) in [4.78, 5) is 26.8. The van der Waals surface area contributed by atoms with Crippen molar-refractivity contribution in [1.82, 2.24) is 0 Å². The smallest absolute Gasteiger partial charge is 0.229 e. The molecule has 3 rings (SSSR count). The molecule has 0 radical (unpaired) electrons. The molecule has 1 N–H and O–H groups in total. The lowest BCUT2D eigenvalue weighted by Crippen LogP contribution is -2.28. The van der Waals surface area contributed by atoms with Gasteiger partial charge in [-0.05, 0) is 55.7 Å². The molecule has 2 aromatic carbocycles. The number of anilines is 2. The summed E-state index contributed by atoms with van der Waals surface area (Å²) in [6, 6.07) is 11.3. The molecular formula is C20H21ClN2O2. The summed E-state index contributed by atoms with van der Waals surface area (Å²) in [7, 11) is 0. The number of carbonyl (C=O) groups is 2. The summed E-state index contributed by atoms with van der Waals surface area (Å²) in [6.07, 6.45) is 0.221. The van der Waals surface area contributed by atoms with Gasteiger partial charge in [0.25, 0.3) is 0 Å². The maximum absolute atomic E-state index is 12.6. The lowest BCUT2D eigenvalue weighted by Gasteiger charge is -2.20. The quantitative estimate of drug-likeness (QED) is 0.893. The van der Waals surface area contributed by atoms with Crippen LogP contribution in [0.2, 0.25) is 5.02 Å². The molecule has 0 spiro atoms. The van der Waals surface area contributed by atoms with Crippen LogP contribution in [0.4, 0.5) is 11.4 Å². The molecule has 1 fully saturated rings. The second-order valence-corrected chi connectivity index (χ2v) is 7.01. The summed E-state index contributed by atoms with van der Waals surface area (Å²) >= 11 is 6.00. The number of nitrogens with one attached hydrogen (secondary N) is 1. The molecule has 4 nitrogen and oxygen atoms in total. The molecule has 25 heavy (non-hydrogen) atoms. The molecule has 1 unspecified atom stereocenters. The molecule has 2 amide bonds. The Morgan fingerprint density at radius 2 is 1.92 bits per heavy atom. The van der Waals surface area contributed by atoms with Crippen molar-refractivity contribution >= 4 is 34.8 Å². The zero-order valence-electron chi connectivity index (χ0n) is 14.6. The van der Waals surface area contributed by atoms with Crippen molar-refractivity contribution in [2.45, 2.75) is 27.2 Å². The number of aryl methyl sites for hydroxylation is 2. The lowest BCUT2D eigenvalue weighted by molar-refractivity contribution is -0.122. The van der Waals surface area contributed by atoms with Crippen LogP contribution in [0.15, 0.2) is 36.4 Å². The van der Waals surface area contributed by atoms with Crippen LogP contribution in [0.25, 0.3) is 0 Å². The van der Waals surface area contributed by atoms with Gasteiger partial charge in [0.1, 0.15) is 0 Å². The SMILES string of the molecule is Cc1ccc(Cl)cc1NC(=O)C1CC(=O)N(c2cccc(C)c2C)C1. The molecular weight excluding hydrogens is 336 g/mol. The summed E-state index contributed by atoms with van der Waals surface area (Å²) in [5, 5.41) is 3.48. The maximum atomic E-state index is 12.6. The molecule has 0 aliphatic carbocycles. The minimum atomic E-state index is -0.370. The van der Waals surface area contributed by atoms with Crippen LogP contribution >= 0.6 is 11.6 Å². The van der Waals surface area contributed by atoms with Crippen LogP contribution in [0.5, 0.6) is 0 Å². The fourth-order valence-electron chi connectivity index (χ4n) is 3.11. The van der Waals surface area contributed by atoms with Gasteiger partial charge in [0.05, 0.1) is 5.92 Å². The Morgan fingerprint density at radius 1 is 1.16 bits per heavy atom. The highest BCUT2D eigenvalue weighted by Crippen LogP contribution is 2.30. The Balaban J connectivity index is 1.77. The van der Waals surface area contributed by atoms with Crippen molar-refractivity contribution in [2.24, 2.45) is 5.92 Å². The van der Waals surface area contributed by atoms with E-state index in [0.29, 0.717) is 17.3 Å². The van der Waals surface area contributed by atoms with E-state index in [1.807, 2.05) is 45.0 Å². The van der Waals surface area contributed by atoms with Crippen molar-refractivity contribution in [1.29, 1.82) is 0 Å². The Morgan fingerprint density at radius 3 is 2.68 bits per heavy atom. The largest absolute Gasteiger partial charge is 0.325 e. The minimum Gasteiger partial charge on any atom is -0.325 e. The number of benzene rings is 2. The second kappa shape index (κ2) is 6.89. The van der Waals surface area contributed by atoms with Gasteiger partial charge in [-0.1, -0.05) is 29.8 Å². The number of amides is 2. The molecule has 0 saturated carbocycles. The first kappa shape index (κ1) is 17.5. The first-order valence-corrected chi connectivity index (χ1v) is 8.68. The predicted octanol–water partition coefficient (Wildman–Crippen LogP) is 4.26. The summed E-state index contributed by atoms with van der Waals surface area (Å²) in [5.74, 6) is -0.533. The van der Waals surface area contributed by atoms with Crippen LogP contribution in [0.1, 0.15) is 23.1 Å². The Bertz CT molecular complexity index is 848. The van der Waals surface area contributed by atoms with Crippen molar-refractivity contribution in [2.75, 3.05) is 16.8 Å². The third kappa shape index (κ3) is 3.54. The van der Waals surface area contributed by atoms with E-state index in [-0.39, 0.29) is 24.2 Å². The highest BCUT2D eigenvalue weighted by atomic mass is 35.5. The van der Waals surface area contributed by atoms with E-state index in [0.717, 1.165) is 22.4 Å². The number of hydrogen-bond donors (Lipinski definition) is 1. The standard InChI is InChI=1S/C20H21ClN2O2/c1-12-5-4-6-18(14(12)3)23-11-15(9-19(23)24)20(25)22-17-10-16(21)8-7-13(17)2/h4-8,10,15H,9,11H2,1-3H3,(H,22,25). The third-order valence-electron chi connectivity index (χ3n) is 4.82. The van der Waals surface area contributed by atoms with E-state index < -0.39 is 0 Å². The topological polar surface area (TPSA) is 49.4 Å². The molecule has 0 aromatic heterocycles. The first-order chi connectivity index (χ1) is 11.9. The molecule has 2 aromatic rings. The Labute approximate surface area is 152 Å². The van der Waals surface area contributed by atoms with Crippen LogP contribution < -0.4 is 10.2 Å². The molecule has 1 aliphatic heterocycles. The maximum Gasteiger partial charge on any atom is 0.229 e.